The molecule has 0 spiro atoms. The third-order valence-corrected chi connectivity index (χ3v) is 3.65. The van der Waals surface area contributed by atoms with Gasteiger partial charge in [0, 0.05) is 42.5 Å². The van der Waals surface area contributed by atoms with E-state index in [1.807, 2.05) is 13.0 Å². The van der Waals surface area contributed by atoms with Gasteiger partial charge in [0.25, 0.3) is 6.43 Å². The Kier molecular flexibility index (Phi) is 4.17. The van der Waals surface area contributed by atoms with Crippen molar-refractivity contribution in [1.82, 2.24) is 10.2 Å². The predicted molar refractivity (Wildman–Crippen MR) is 69.3 cm³/mol. The van der Waals surface area contributed by atoms with Crippen molar-refractivity contribution in [2.24, 2.45) is 5.92 Å². The summed E-state index contributed by atoms with van der Waals surface area (Å²) in [5.41, 5.74) is 2.03. The Hall–Kier alpha value is -1.16. The Morgan fingerprint density at radius 3 is 2.89 bits per heavy atom. The molecule has 0 aromatic heterocycles. The van der Waals surface area contributed by atoms with Crippen LogP contribution in [0.25, 0.3) is 0 Å². The highest BCUT2D eigenvalue weighted by molar-refractivity contribution is 5.41. The number of halogens is 2. The van der Waals surface area contributed by atoms with E-state index < -0.39 is 6.43 Å². The predicted octanol–water partition coefficient (Wildman–Crippen LogP) is 2.91. The van der Waals surface area contributed by atoms with E-state index in [4.69, 9.17) is 0 Å². The average molecular weight is 254 g/mol. The summed E-state index contributed by atoms with van der Waals surface area (Å²) in [4.78, 5) is 2.05. The quantitative estimate of drug-likeness (QED) is 0.815. The standard InChI is InChI=1S/C14H20F2N2/c1-3-10-9-17-7-8-18-11(4-2)5-6-12(13(10)18)14(15)16/h4-6,10,14,17H,3,7-9H2,1-2H3. The van der Waals surface area contributed by atoms with Gasteiger partial charge in [-0.25, -0.2) is 8.78 Å². The Morgan fingerprint density at radius 1 is 1.50 bits per heavy atom. The topological polar surface area (TPSA) is 15.3 Å². The van der Waals surface area contributed by atoms with Crippen molar-refractivity contribution in [3.63, 3.8) is 0 Å². The number of allylic oxidation sites excluding steroid dienone is 4. The highest BCUT2D eigenvalue weighted by Crippen LogP contribution is 2.34. The van der Waals surface area contributed by atoms with Gasteiger partial charge in [-0.1, -0.05) is 13.0 Å². The maximum absolute atomic E-state index is 13.2. The number of rotatable bonds is 2. The van der Waals surface area contributed by atoms with Gasteiger partial charge in [0.1, 0.15) is 0 Å². The molecule has 18 heavy (non-hydrogen) atoms. The van der Waals surface area contributed by atoms with Crippen molar-refractivity contribution >= 4 is 0 Å². The number of nitrogens with one attached hydrogen (secondary N) is 1. The molecule has 0 amide bonds. The first kappa shape index (κ1) is 13.3. The minimum atomic E-state index is -2.40. The van der Waals surface area contributed by atoms with Gasteiger partial charge in [-0.2, -0.15) is 0 Å². The van der Waals surface area contributed by atoms with E-state index in [9.17, 15) is 8.78 Å². The van der Waals surface area contributed by atoms with Gasteiger partial charge in [0.05, 0.1) is 0 Å². The van der Waals surface area contributed by atoms with Crippen molar-refractivity contribution in [3.8, 4) is 0 Å². The number of alkyl halides is 2. The molecule has 100 valence electrons. The van der Waals surface area contributed by atoms with E-state index in [1.54, 1.807) is 12.2 Å². The van der Waals surface area contributed by atoms with Gasteiger partial charge in [-0.3, -0.25) is 0 Å². The molecule has 2 aliphatic rings. The van der Waals surface area contributed by atoms with E-state index in [1.165, 1.54) is 0 Å². The number of nitrogens with zero attached hydrogens (tertiary/aromatic N) is 1. The van der Waals surface area contributed by atoms with E-state index in [2.05, 4.69) is 17.1 Å². The fraction of sp³-hybridized carbons (Fsp3) is 0.571. The first-order chi connectivity index (χ1) is 8.69. The molecule has 0 radical (unpaired) electrons. The molecule has 0 aromatic carbocycles. The zero-order chi connectivity index (χ0) is 13.1. The smallest absolute Gasteiger partial charge is 0.265 e. The fourth-order valence-electron chi connectivity index (χ4n) is 2.69. The van der Waals surface area contributed by atoms with Gasteiger partial charge < -0.3 is 10.2 Å². The summed E-state index contributed by atoms with van der Waals surface area (Å²) in [5.74, 6) is 0.163. The highest BCUT2D eigenvalue weighted by atomic mass is 19.3. The lowest BCUT2D eigenvalue weighted by molar-refractivity contribution is 0.185. The Morgan fingerprint density at radius 2 is 2.28 bits per heavy atom. The largest absolute Gasteiger partial charge is 0.343 e. The second-order valence-electron chi connectivity index (χ2n) is 4.65. The van der Waals surface area contributed by atoms with Crippen molar-refractivity contribution in [2.45, 2.75) is 26.7 Å². The lowest BCUT2D eigenvalue weighted by Gasteiger charge is -2.34. The SMILES string of the molecule is CC=C1C=CC(C(F)F)=C2C(CC)CNCCN12. The molecule has 0 aliphatic carbocycles. The van der Waals surface area contributed by atoms with Gasteiger partial charge in [0.2, 0.25) is 0 Å². The van der Waals surface area contributed by atoms with Crippen LogP contribution in [0.2, 0.25) is 0 Å². The van der Waals surface area contributed by atoms with Crippen LogP contribution in [0.4, 0.5) is 8.78 Å². The number of fused-ring (bicyclic) bond motifs is 1. The maximum atomic E-state index is 13.2. The molecule has 2 heterocycles. The van der Waals surface area contributed by atoms with Crippen LogP contribution in [0, 0.1) is 5.92 Å². The molecule has 1 N–H and O–H groups in total. The van der Waals surface area contributed by atoms with E-state index in [-0.39, 0.29) is 11.5 Å². The van der Waals surface area contributed by atoms with Gasteiger partial charge >= 0.3 is 0 Å². The van der Waals surface area contributed by atoms with Crippen molar-refractivity contribution < 1.29 is 8.78 Å². The van der Waals surface area contributed by atoms with Crippen LogP contribution < -0.4 is 5.32 Å². The lowest BCUT2D eigenvalue weighted by Crippen LogP contribution is -2.31. The molecule has 1 unspecified atom stereocenters. The minimum absolute atomic E-state index is 0.163. The third kappa shape index (κ3) is 2.34. The third-order valence-electron chi connectivity index (χ3n) is 3.65. The molecule has 0 aromatic rings. The molecular weight excluding hydrogens is 234 g/mol. The first-order valence-electron chi connectivity index (χ1n) is 6.53. The Balaban J connectivity index is 2.49. The molecule has 1 saturated heterocycles. The van der Waals surface area contributed by atoms with Gasteiger partial charge in [-0.15, -0.1) is 0 Å². The van der Waals surface area contributed by atoms with Crippen LogP contribution in [0.5, 0.6) is 0 Å². The van der Waals surface area contributed by atoms with Crippen molar-refractivity contribution in [3.05, 3.63) is 35.2 Å². The molecule has 0 bridgehead atoms. The van der Waals surface area contributed by atoms with Crippen LogP contribution in [-0.4, -0.2) is 31.0 Å². The average Bonchev–Trinajstić information content (AvgIpc) is 2.59. The number of hydrogen-bond acceptors (Lipinski definition) is 2. The van der Waals surface area contributed by atoms with E-state index in [0.29, 0.717) is 0 Å². The monoisotopic (exact) mass is 254 g/mol. The first-order valence-corrected chi connectivity index (χ1v) is 6.53. The van der Waals surface area contributed by atoms with Gasteiger partial charge in [0.15, 0.2) is 0 Å². The van der Waals surface area contributed by atoms with Crippen LogP contribution in [0.15, 0.2) is 35.2 Å². The normalized spacial score (nSPS) is 26.8. The summed E-state index contributed by atoms with van der Waals surface area (Å²) >= 11 is 0. The molecule has 1 atom stereocenters. The van der Waals surface area contributed by atoms with Crippen LogP contribution in [0.3, 0.4) is 0 Å². The highest BCUT2D eigenvalue weighted by Gasteiger charge is 2.30. The molecule has 2 aliphatic heterocycles. The summed E-state index contributed by atoms with van der Waals surface area (Å²) in [5, 5.41) is 3.33. The molecule has 1 fully saturated rings. The summed E-state index contributed by atoms with van der Waals surface area (Å²) < 4.78 is 26.4. The van der Waals surface area contributed by atoms with Crippen LogP contribution >= 0.6 is 0 Å². The summed E-state index contributed by atoms with van der Waals surface area (Å²) in [6, 6.07) is 0. The van der Waals surface area contributed by atoms with Crippen molar-refractivity contribution in [1.29, 1.82) is 0 Å². The Labute approximate surface area is 107 Å². The van der Waals surface area contributed by atoms with Gasteiger partial charge in [-0.05, 0) is 25.5 Å². The fourth-order valence-corrected chi connectivity index (χ4v) is 2.69. The van der Waals surface area contributed by atoms with Crippen LogP contribution in [-0.2, 0) is 0 Å². The molecule has 0 saturated carbocycles. The van der Waals surface area contributed by atoms with E-state index in [0.717, 1.165) is 37.4 Å². The second kappa shape index (κ2) is 5.65. The maximum Gasteiger partial charge on any atom is 0.265 e. The van der Waals surface area contributed by atoms with E-state index >= 15 is 0 Å². The molecule has 2 nitrogen and oxygen atoms in total. The lowest BCUT2D eigenvalue weighted by atomic mass is 9.94. The summed E-state index contributed by atoms with van der Waals surface area (Å²) in [7, 11) is 0. The zero-order valence-corrected chi connectivity index (χ0v) is 10.9. The summed E-state index contributed by atoms with van der Waals surface area (Å²) in [6.45, 7) is 6.38. The second-order valence-corrected chi connectivity index (χ2v) is 4.65. The van der Waals surface area contributed by atoms with Crippen LogP contribution in [0.1, 0.15) is 20.3 Å². The van der Waals surface area contributed by atoms with Crippen molar-refractivity contribution in [2.75, 3.05) is 19.6 Å². The Bertz CT molecular complexity index is 397. The molecular formula is C14H20F2N2. The zero-order valence-electron chi connectivity index (χ0n) is 10.9. The molecule has 2 rings (SSSR count). The summed E-state index contributed by atoms with van der Waals surface area (Å²) in [6.07, 6.45) is 3.84. The minimum Gasteiger partial charge on any atom is -0.343 e. The molecule has 4 heteroatoms. The number of hydrogen-bond donors (Lipinski definition) is 1.